The fraction of sp³-hybridized carbons (Fsp3) is 0.600. The summed E-state index contributed by atoms with van der Waals surface area (Å²) in [5.41, 5.74) is 0. The molecule has 0 aromatic carbocycles. The summed E-state index contributed by atoms with van der Waals surface area (Å²) in [5.74, 6) is -0.803. The molecule has 5 heteroatoms. The van der Waals surface area contributed by atoms with Gasteiger partial charge in [-0.25, -0.2) is 4.79 Å². The maximum Gasteiger partial charge on any atom is 0.339 e. The number of amides is 1. The third-order valence-corrected chi connectivity index (χ3v) is 1.34. The SMILES string of the molecule is COC(=O)C(Br)NC(C)=O. The first-order chi connectivity index (χ1) is 4.57. The van der Waals surface area contributed by atoms with E-state index in [0.29, 0.717) is 0 Å². The minimum atomic E-state index is -0.741. The van der Waals surface area contributed by atoms with Gasteiger partial charge in [0.05, 0.1) is 7.11 Å². The molecule has 0 radical (unpaired) electrons. The summed E-state index contributed by atoms with van der Waals surface area (Å²) < 4.78 is 4.31. The van der Waals surface area contributed by atoms with Gasteiger partial charge in [-0.15, -0.1) is 0 Å². The molecule has 0 bridgehead atoms. The second-order valence-corrected chi connectivity index (χ2v) is 2.50. The topological polar surface area (TPSA) is 55.4 Å². The van der Waals surface area contributed by atoms with Gasteiger partial charge in [0.2, 0.25) is 5.91 Å². The fourth-order valence-corrected chi connectivity index (χ4v) is 0.850. The summed E-state index contributed by atoms with van der Waals surface area (Å²) in [6.45, 7) is 1.32. The Balaban J connectivity index is 3.72. The van der Waals surface area contributed by atoms with Gasteiger partial charge in [0.25, 0.3) is 0 Å². The van der Waals surface area contributed by atoms with Gasteiger partial charge < -0.3 is 10.1 Å². The van der Waals surface area contributed by atoms with Crippen LogP contribution in [0.2, 0.25) is 0 Å². The molecular weight excluding hydrogens is 202 g/mol. The number of halogens is 1. The zero-order valence-electron chi connectivity index (χ0n) is 5.68. The average Bonchev–Trinajstić information content (AvgIpc) is 1.85. The van der Waals surface area contributed by atoms with Gasteiger partial charge in [-0.3, -0.25) is 4.79 Å². The third kappa shape index (κ3) is 3.45. The molecule has 0 aliphatic carbocycles. The van der Waals surface area contributed by atoms with Crippen molar-refractivity contribution in [3.05, 3.63) is 0 Å². The first-order valence-electron chi connectivity index (χ1n) is 2.57. The van der Waals surface area contributed by atoms with E-state index in [-0.39, 0.29) is 5.91 Å². The molecule has 0 saturated carbocycles. The normalized spacial score (nSPS) is 11.9. The predicted octanol–water partition coefficient (Wildman–Crippen LogP) is 0.0165. The first-order valence-corrected chi connectivity index (χ1v) is 3.48. The third-order valence-electron chi connectivity index (χ3n) is 0.738. The van der Waals surface area contributed by atoms with E-state index in [2.05, 4.69) is 26.0 Å². The van der Waals surface area contributed by atoms with Crippen LogP contribution in [0, 0.1) is 0 Å². The van der Waals surface area contributed by atoms with Crippen molar-refractivity contribution in [2.24, 2.45) is 0 Å². The first kappa shape index (κ1) is 9.42. The number of alkyl halides is 1. The Bertz CT molecular complexity index is 148. The highest BCUT2D eigenvalue weighted by molar-refractivity contribution is 9.10. The highest BCUT2D eigenvalue weighted by Crippen LogP contribution is 1.95. The van der Waals surface area contributed by atoms with Gasteiger partial charge in [-0.1, -0.05) is 15.9 Å². The Morgan fingerprint density at radius 1 is 1.60 bits per heavy atom. The van der Waals surface area contributed by atoms with E-state index in [4.69, 9.17) is 0 Å². The molecule has 0 fully saturated rings. The lowest BCUT2D eigenvalue weighted by Crippen LogP contribution is -2.35. The second-order valence-electron chi connectivity index (χ2n) is 1.59. The molecule has 1 atom stereocenters. The van der Waals surface area contributed by atoms with Crippen molar-refractivity contribution in [2.45, 2.75) is 11.9 Å². The fourth-order valence-electron chi connectivity index (χ4n) is 0.341. The molecule has 10 heavy (non-hydrogen) atoms. The molecule has 0 spiro atoms. The minimum Gasteiger partial charge on any atom is -0.467 e. The number of rotatable bonds is 2. The molecule has 0 rings (SSSR count). The Morgan fingerprint density at radius 2 is 2.10 bits per heavy atom. The Hall–Kier alpha value is -0.580. The molecule has 0 heterocycles. The van der Waals surface area contributed by atoms with Crippen molar-refractivity contribution >= 4 is 27.8 Å². The van der Waals surface area contributed by atoms with E-state index in [1.165, 1.54) is 14.0 Å². The van der Waals surface area contributed by atoms with Crippen LogP contribution in [-0.2, 0) is 14.3 Å². The smallest absolute Gasteiger partial charge is 0.339 e. The van der Waals surface area contributed by atoms with Crippen LogP contribution in [0.4, 0.5) is 0 Å². The number of ether oxygens (including phenoxy) is 1. The molecule has 1 amide bonds. The quantitative estimate of drug-likeness (QED) is 0.397. The standard InChI is InChI=1S/C5H8BrNO3/c1-3(8)7-4(6)5(9)10-2/h4H,1-2H3,(H,7,8). The summed E-state index contributed by atoms with van der Waals surface area (Å²) >= 11 is 2.90. The highest BCUT2D eigenvalue weighted by Gasteiger charge is 2.14. The van der Waals surface area contributed by atoms with Crippen LogP contribution in [-0.4, -0.2) is 23.9 Å². The van der Waals surface area contributed by atoms with Gasteiger partial charge in [0.15, 0.2) is 4.95 Å². The molecule has 1 N–H and O–H groups in total. The van der Waals surface area contributed by atoms with Gasteiger partial charge >= 0.3 is 5.97 Å². The van der Waals surface area contributed by atoms with Gasteiger partial charge in [-0.2, -0.15) is 0 Å². The van der Waals surface area contributed by atoms with Gasteiger partial charge in [0.1, 0.15) is 0 Å². The van der Waals surface area contributed by atoms with Crippen molar-refractivity contribution in [1.29, 1.82) is 0 Å². The number of carbonyl (C=O) groups excluding carboxylic acids is 2. The zero-order chi connectivity index (χ0) is 8.15. The zero-order valence-corrected chi connectivity index (χ0v) is 7.27. The largest absolute Gasteiger partial charge is 0.467 e. The van der Waals surface area contributed by atoms with Crippen LogP contribution < -0.4 is 5.32 Å². The monoisotopic (exact) mass is 209 g/mol. The molecule has 58 valence electrons. The van der Waals surface area contributed by atoms with Gasteiger partial charge in [0, 0.05) is 6.92 Å². The lowest BCUT2D eigenvalue weighted by Gasteiger charge is -2.06. The number of hydrogen-bond acceptors (Lipinski definition) is 3. The van der Waals surface area contributed by atoms with Crippen LogP contribution in [0.1, 0.15) is 6.92 Å². The van der Waals surface area contributed by atoms with E-state index in [1.807, 2.05) is 0 Å². The second kappa shape index (κ2) is 4.27. The Kier molecular flexibility index (Phi) is 4.02. The van der Waals surface area contributed by atoms with E-state index in [0.717, 1.165) is 0 Å². The maximum atomic E-state index is 10.6. The van der Waals surface area contributed by atoms with Crippen LogP contribution in [0.3, 0.4) is 0 Å². The Morgan fingerprint density at radius 3 is 2.40 bits per heavy atom. The lowest BCUT2D eigenvalue weighted by molar-refractivity contribution is -0.141. The van der Waals surface area contributed by atoms with E-state index >= 15 is 0 Å². The van der Waals surface area contributed by atoms with Crippen LogP contribution >= 0.6 is 15.9 Å². The van der Waals surface area contributed by atoms with Crippen LogP contribution in [0.5, 0.6) is 0 Å². The summed E-state index contributed by atoms with van der Waals surface area (Å²) in [6, 6.07) is 0. The molecule has 1 unspecified atom stereocenters. The lowest BCUT2D eigenvalue weighted by atomic mass is 10.6. The summed E-state index contributed by atoms with van der Waals surface area (Å²) in [7, 11) is 1.25. The molecular formula is C5H8BrNO3. The van der Waals surface area contributed by atoms with Crippen molar-refractivity contribution in [3.8, 4) is 0 Å². The van der Waals surface area contributed by atoms with Crippen molar-refractivity contribution in [2.75, 3.05) is 7.11 Å². The van der Waals surface area contributed by atoms with E-state index < -0.39 is 10.9 Å². The predicted molar refractivity (Wildman–Crippen MR) is 38.5 cm³/mol. The van der Waals surface area contributed by atoms with E-state index in [9.17, 15) is 9.59 Å². The van der Waals surface area contributed by atoms with Crippen LogP contribution in [0.25, 0.3) is 0 Å². The summed E-state index contributed by atoms with van der Waals surface area (Å²) in [4.78, 5) is 20.1. The highest BCUT2D eigenvalue weighted by atomic mass is 79.9. The molecule has 0 aliphatic heterocycles. The molecule has 0 aromatic heterocycles. The number of hydrogen-bond donors (Lipinski definition) is 1. The van der Waals surface area contributed by atoms with Crippen LogP contribution in [0.15, 0.2) is 0 Å². The maximum absolute atomic E-state index is 10.6. The number of carbonyl (C=O) groups is 2. The summed E-state index contributed by atoms with van der Waals surface area (Å²) in [5, 5.41) is 2.30. The Labute approximate surface area is 67.1 Å². The molecule has 4 nitrogen and oxygen atoms in total. The summed E-state index contributed by atoms with van der Waals surface area (Å²) in [6.07, 6.45) is 0. The van der Waals surface area contributed by atoms with Crippen molar-refractivity contribution in [3.63, 3.8) is 0 Å². The average molecular weight is 210 g/mol. The molecule has 0 saturated heterocycles. The molecule has 0 aromatic rings. The molecule has 0 aliphatic rings. The number of esters is 1. The van der Waals surface area contributed by atoms with E-state index in [1.54, 1.807) is 0 Å². The van der Waals surface area contributed by atoms with Gasteiger partial charge in [-0.05, 0) is 0 Å². The van der Waals surface area contributed by atoms with Crippen molar-refractivity contribution in [1.82, 2.24) is 5.32 Å². The number of methoxy groups -OCH3 is 1. The number of nitrogens with one attached hydrogen (secondary N) is 1. The minimum absolute atomic E-state index is 0.285. The van der Waals surface area contributed by atoms with Crippen molar-refractivity contribution < 1.29 is 14.3 Å².